The molecule has 0 fully saturated rings. The number of nitrogens with zero attached hydrogens (tertiary/aromatic N) is 2. The average molecular weight is 358 g/mol. The van der Waals surface area contributed by atoms with Crippen molar-refractivity contribution in [3.8, 4) is 6.07 Å². The molecule has 110 valence electrons. The highest BCUT2D eigenvalue weighted by molar-refractivity contribution is 9.10. The normalized spacial score (nSPS) is 13.4. The minimum atomic E-state index is -0.369. The molecule has 2 aromatic rings. The highest BCUT2D eigenvalue weighted by Crippen LogP contribution is 2.22. The van der Waals surface area contributed by atoms with Crippen molar-refractivity contribution in [2.24, 2.45) is 0 Å². The maximum Gasteiger partial charge on any atom is 0.266 e. The largest absolute Gasteiger partial charge is 0.334 e. The van der Waals surface area contributed by atoms with Gasteiger partial charge in [0, 0.05) is 29.7 Å². The van der Waals surface area contributed by atoms with Crippen LogP contribution in [0.25, 0.3) is 0 Å². The molecule has 1 aromatic heterocycles. The molecule has 2 heterocycles. The van der Waals surface area contributed by atoms with Crippen LogP contribution >= 0.6 is 15.9 Å². The molecule has 0 bridgehead atoms. The first-order valence-electron chi connectivity index (χ1n) is 6.79. The summed E-state index contributed by atoms with van der Waals surface area (Å²) in [5, 5.41) is 8.95. The number of carbonyl (C=O) groups excluding carboxylic acids is 1. The monoisotopic (exact) mass is 357 g/mol. The van der Waals surface area contributed by atoms with E-state index in [2.05, 4.69) is 20.9 Å². The summed E-state index contributed by atoms with van der Waals surface area (Å²) in [4.78, 5) is 28.7. The molecule has 0 radical (unpaired) electrons. The van der Waals surface area contributed by atoms with Gasteiger partial charge < -0.3 is 9.88 Å². The SMILES string of the molecule is N#Cc1cc2c([nH]c1=O)CCN(C(=O)c1ccccc1Br)C2. The number of H-pyrrole nitrogens is 1. The summed E-state index contributed by atoms with van der Waals surface area (Å²) in [5.74, 6) is -0.0668. The van der Waals surface area contributed by atoms with Crippen LogP contribution in [-0.4, -0.2) is 22.3 Å². The maximum absolute atomic E-state index is 12.6. The van der Waals surface area contributed by atoms with Gasteiger partial charge in [-0.3, -0.25) is 9.59 Å². The minimum absolute atomic E-state index is 0.0668. The average Bonchev–Trinajstić information content (AvgIpc) is 2.53. The van der Waals surface area contributed by atoms with Gasteiger partial charge in [0.25, 0.3) is 11.5 Å². The van der Waals surface area contributed by atoms with Gasteiger partial charge in [0.2, 0.25) is 0 Å². The molecule has 6 heteroatoms. The van der Waals surface area contributed by atoms with E-state index in [1.165, 1.54) is 0 Å². The smallest absolute Gasteiger partial charge is 0.266 e. The predicted octanol–water partition coefficient (Wildman–Crippen LogP) is 2.21. The van der Waals surface area contributed by atoms with Crippen molar-refractivity contribution in [1.29, 1.82) is 5.26 Å². The number of carbonyl (C=O) groups is 1. The number of aromatic nitrogens is 1. The fraction of sp³-hybridized carbons (Fsp3) is 0.188. The molecule has 0 saturated carbocycles. The van der Waals surface area contributed by atoms with E-state index in [-0.39, 0.29) is 17.0 Å². The summed E-state index contributed by atoms with van der Waals surface area (Å²) >= 11 is 3.39. The fourth-order valence-corrected chi connectivity index (χ4v) is 3.02. The Morgan fingerprint density at radius 1 is 1.36 bits per heavy atom. The van der Waals surface area contributed by atoms with Crippen LogP contribution in [0.5, 0.6) is 0 Å². The van der Waals surface area contributed by atoms with Gasteiger partial charge in [0.1, 0.15) is 11.6 Å². The lowest BCUT2D eigenvalue weighted by Gasteiger charge is -2.29. The quantitative estimate of drug-likeness (QED) is 0.849. The van der Waals surface area contributed by atoms with E-state index in [1.807, 2.05) is 24.3 Å². The number of rotatable bonds is 1. The van der Waals surface area contributed by atoms with Crippen LogP contribution in [0.3, 0.4) is 0 Å². The van der Waals surface area contributed by atoms with Crippen LogP contribution in [0.4, 0.5) is 0 Å². The maximum atomic E-state index is 12.6. The molecule has 1 aliphatic rings. The standard InChI is InChI=1S/C16H12BrN3O2/c17-13-4-2-1-3-12(13)16(22)20-6-5-14-11(9-20)7-10(8-18)15(21)19-14/h1-4,7H,5-6,9H2,(H,19,21). The van der Waals surface area contributed by atoms with Gasteiger partial charge in [0.15, 0.2) is 0 Å². The Balaban J connectivity index is 1.92. The topological polar surface area (TPSA) is 77.0 Å². The van der Waals surface area contributed by atoms with Crippen molar-refractivity contribution in [2.75, 3.05) is 6.54 Å². The Morgan fingerprint density at radius 2 is 2.14 bits per heavy atom. The highest BCUT2D eigenvalue weighted by atomic mass is 79.9. The van der Waals surface area contributed by atoms with E-state index < -0.39 is 0 Å². The Morgan fingerprint density at radius 3 is 2.86 bits per heavy atom. The number of benzene rings is 1. The molecular weight excluding hydrogens is 346 g/mol. The summed E-state index contributed by atoms with van der Waals surface area (Å²) in [6.45, 7) is 0.927. The number of pyridine rings is 1. The van der Waals surface area contributed by atoms with Crippen molar-refractivity contribution in [3.05, 3.63) is 67.5 Å². The minimum Gasteiger partial charge on any atom is -0.334 e. The van der Waals surface area contributed by atoms with Gasteiger partial charge >= 0.3 is 0 Å². The third-order valence-electron chi connectivity index (χ3n) is 3.72. The molecule has 0 atom stereocenters. The van der Waals surface area contributed by atoms with E-state index in [0.29, 0.717) is 25.1 Å². The zero-order chi connectivity index (χ0) is 15.7. The lowest BCUT2D eigenvalue weighted by atomic mass is 10.0. The van der Waals surface area contributed by atoms with Crippen LogP contribution in [0.1, 0.15) is 27.2 Å². The summed E-state index contributed by atoms with van der Waals surface area (Å²) in [6, 6.07) is 10.7. The van der Waals surface area contributed by atoms with Gasteiger partial charge in [-0.1, -0.05) is 12.1 Å². The van der Waals surface area contributed by atoms with Gasteiger partial charge in [-0.25, -0.2) is 0 Å². The van der Waals surface area contributed by atoms with Crippen molar-refractivity contribution in [1.82, 2.24) is 9.88 Å². The van der Waals surface area contributed by atoms with Crippen molar-refractivity contribution < 1.29 is 4.79 Å². The number of hydrogen-bond donors (Lipinski definition) is 1. The Bertz CT molecular complexity index is 851. The van der Waals surface area contributed by atoms with E-state index in [4.69, 9.17) is 5.26 Å². The highest BCUT2D eigenvalue weighted by Gasteiger charge is 2.24. The Hall–Kier alpha value is -2.39. The first-order chi connectivity index (χ1) is 10.6. The summed E-state index contributed by atoms with van der Waals surface area (Å²) in [7, 11) is 0. The number of amides is 1. The molecule has 5 nitrogen and oxygen atoms in total. The van der Waals surface area contributed by atoms with Crippen LogP contribution < -0.4 is 5.56 Å². The van der Waals surface area contributed by atoms with E-state index in [0.717, 1.165) is 15.7 Å². The molecule has 3 rings (SSSR count). The third kappa shape index (κ3) is 2.55. The van der Waals surface area contributed by atoms with Gasteiger partial charge in [-0.2, -0.15) is 5.26 Å². The number of nitriles is 1. The second-order valence-corrected chi connectivity index (χ2v) is 5.94. The van der Waals surface area contributed by atoms with E-state index >= 15 is 0 Å². The molecule has 1 amide bonds. The number of halogens is 1. The lowest BCUT2D eigenvalue weighted by Crippen LogP contribution is -2.37. The molecule has 1 aliphatic heterocycles. The number of nitrogens with one attached hydrogen (secondary N) is 1. The molecular formula is C16H12BrN3O2. The first kappa shape index (κ1) is 14.5. The number of aromatic amines is 1. The van der Waals surface area contributed by atoms with Crippen molar-refractivity contribution in [3.63, 3.8) is 0 Å². The van der Waals surface area contributed by atoms with Crippen LogP contribution in [-0.2, 0) is 13.0 Å². The first-order valence-corrected chi connectivity index (χ1v) is 7.58. The Kier molecular flexibility index (Phi) is 3.82. The van der Waals surface area contributed by atoms with Gasteiger partial charge in [-0.05, 0) is 39.7 Å². The summed E-state index contributed by atoms with van der Waals surface area (Å²) < 4.78 is 0.755. The molecule has 0 saturated heterocycles. The van der Waals surface area contributed by atoms with Gasteiger partial charge in [-0.15, -0.1) is 0 Å². The zero-order valence-corrected chi connectivity index (χ0v) is 13.2. The summed E-state index contributed by atoms with van der Waals surface area (Å²) in [6.07, 6.45) is 0.576. The molecule has 22 heavy (non-hydrogen) atoms. The second kappa shape index (κ2) is 5.78. The zero-order valence-electron chi connectivity index (χ0n) is 11.6. The van der Waals surface area contributed by atoms with Gasteiger partial charge in [0.05, 0.1) is 5.56 Å². The van der Waals surface area contributed by atoms with Crippen LogP contribution in [0, 0.1) is 11.3 Å². The fourth-order valence-electron chi connectivity index (χ4n) is 2.57. The Labute approximate surface area is 135 Å². The van der Waals surface area contributed by atoms with Crippen LogP contribution in [0.15, 0.2) is 39.6 Å². The van der Waals surface area contributed by atoms with E-state index in [1.54, 1.807) is 17.0 Å². The van der Waals surface area contributed by atoms with Crippen LogP contribution in [0.2, 0.25) is 0 Å². The molecule has 1 N–H and O–H groups in total. The second-order valence-electron chi connectivity index (χ2n) is 5.08. The molecule has 0 aliphatic carbocycles. The van der Waals surface area contributed by atoms with E-state index in [9.17, 15) is 9.59 Å². The molecule has 0 spiro atoms. The lowest BCUT2D eigenvalue weighted by molar-refractivity contribution is 0.0732. The third-order valence-corrected chi connectivity index (χ3v) is 4.41. The number of fused-ring (bicyclic) bond motifs is 1. The van der Waals surface area contributed by atoms with Crippen molar-refractivity contribution in [2.45, 2.75) is 13.0 Å². The number of hydrogen-bond acceptors (Lipinski definition) is 3. The molecule has 1 aromatic carbocycles. The summed E-state index contributed by atoms with van der Waals surface area (Å²) in [5.41, 5.74) is 1.94. The molecule has 0 unspecified atom stereocenters. The predicted molar refractivity (Wildman–Crippen MR) is 84.4 cm³/mol. The van der Waals surface area contributed by atoms with Crippen molar-refractivity contribution >= 4 is 21.8 Å².